The van der Waals surface area contributed by atoms with Gasteiger partial charge in [-0.05, 0) is 31.0 Å². The first-order chi connectivity index (χ1) is 9.38. The van der Waals surface area contributed by atoms with Crippen molar-refractivity contribution in [2.45, 2.75) is 37.7 Å². The van der Waals surface area contributed by atoms with Crippen molar-refractivity contribution in [2.24, 2.45) is 0 Å². The van der Waals surface area contributed by atoms with E-state index in [0.29, 0.717) is 24.4 Å². The van der Waals surface area contributed by atoms with Gasteiger partial charge in [0.1, 0.15) is 5.75 Å². The SMILES string of the molecule is CCCN1C(=O)C(CC)Oc2ccc(S(=O)(=O)Cl)cc21. The monoisotopic (exact) mass is 317 g/mol. The molecule has 1 aromatic carbocycles. The van der Waals surface area contributed by atoms with Gasteiger partial charge >= 0.3 is 0 Å². The van der Waals surface area contributed by atoms with Gasteiger partial charge in [-0.2, -0.15) is 0 Å². The summed E-state index contributed by atoms with van der Waals surface area (Å²) in [5.41, 5.74) is 0.461. The summed E-state index contributed by atoms with van der Waals surface area (Å²) < 4.78 is 28.4. The van der Waals surface area contributed by atoms with E-state index in [1.54, 1.807) is 11.0 Å². The lowest BCUT2D eigenvalue weighted by molar-refractivity contribution is -0.126. The Hall–Kier alpha value is -1.27. The molecule has 0 saturated carbocycles. The molecule has 7 heteroatoms. The lowest BCUT2D eigenvalue weighted by Gasteiger charge is -2.34. The minimum atomic E-state index is -3.83. The topological polar surface area (TPSA) is 63.7 Å². The normalized spacial score (nSPS) is 18.6. The van der Waals surface area contributed by atoms with Crippen LogP contribution in [0.1, 0.15) is 26.7 Å². The third-order valence-electron chi connectivity index (χ3n) is 3.13. The molecule has 0 spiro atoms. The van der Waals surface area contributed by atoms with Crippen LogP contribution in [-0.4, -0.2) is 27.0 Å². The van der Waals surface area contributed by atoms with Gasteiger partial charge in [0, 0.05) is 17.2 Å². The number of fused-ring (bicyclic) bond motifs is 1. The maximum absolute atomic E-state index is 12.3. The summed E-state index contributed by atoms with van der Waals surface area (Å²) in [7, 11) is 1.51. The van der Waals surface area contributed by atoms with E-state index in [9.17, 15) is 13.2 Å². The molecule has 0 fully saturated rings. The maximum atomic E-state index is 12.3. The van der Waals surface area contributed by atoms with E-state index in [0.717, 1.165) is 6.42 Å². The molecule has 20 heavy (non-hydrogen) atoms. The Morgan fingerprint density at radius 2 is 2.05 bits per heavy atom. The van der Waals surface area contributed by atoms with Crippen molar-refractivity contribution in [1.29, 1.82) is 0 Å². The summed E-state index contributed by atoms with van der Waals surface area (Å²) in [6.45, 7) is 4.33. The van der Waals surface area contributed by atoms with Crippen LogP contribution in [0, 0.1) is 0 Å². The fourth-order valence-corrected chi connectivity index (χ4v) is 2.94. The van der Waals surface area contributed by atoms with Crippen molar-refractivity contribution in [1.82, 2.24) is 0 Å². The summed E-state index contributed by atoms with van der Waals surface area (Å²) in [5.74, 6) is 0.361. The number of nitrogens with zero attached hydrogens (tertiary/aromatic N) is 1. The van der Waals surface area contributed by atoms with Crippen LogP contribution >= 0.6 is 10.7 Å². The Morgan fingerprint density at radius 3 is 2.60 bits per heavy atom. The second-order valence-corrected chi connectivity index (χ2v) is 7.14. The number of carbonyl (C=O) groups is 1. The number of anilines is 1. The third-order valence-corrected chi connectivity index (χ3v) is 4.48. The minimum absolute atomic E-state index is 0.0367. The number of hydrogen-bond donors (Lipinski definition) is 0. The fourth-order valence-electron chi connectivity index (χ4n) is 2.17. The van der Waals surface area contributed by atoms with Crippen LogP contribution < -0.4 is 9.64 Å². The molecule has 2 rings (SSSR count). The van der Waals surface area contributed by atoms with Crippen LogP contribution in [0.2, 0.25) is 0 Å². The van der Waals surface area contributed by atoms with Crippen molar-refractivity contribution < 1.29 is 17.9 Å². The Balaban J connectivity index is 2.53. The zero-order chi connectivity index (χ0) is 14.9. The number of rotatable bonds is 4. The molecular formula is C13H16ClNO4S. The summed E-state index contributed by atoms with van der Waals surface area (Å²) in [4.78, 5) is 13.8. The summed E-state index contributed by atoms with van der Waals surface area (Å²) in [6.07, 6.45) is 0.806. The number of halogens is 1. The van der Waals surface area contributed by atoms with E-state index in [1.807, 2.05) is 13.8 Å². The number of benzene rings is 1. The first kappa shape index (κ1) is 15.1. The lowest BCUT2D eigenvalue weighted by Crippen LogP contribution is -2.46. The standard InChI is InChI=1S/C13H16ClNO4S/c1-3-7-15-10-8-9(20(14,17)18)5-6-12(10)19-11(4-2)13(15)16/h5-6,8,11H,3-4,7H2,1-2H3. The van der Waals surface area contributed by atoms with Crippen molar-refractivity contribution in [2.75, 3.05) is 11.4 Å². The predicted octanol–water partition coefficient (Wildman–Crippen LogP) is 2.53. The Morgan fingerprint density at radius 1 is 1.35 bits per heavy atom. The highest BCUT2D eigenvalue weighted by Gasteiger charge is 2.33. The Bertz CT molecular complexity index is 629. The maximum Gasteiger partial charge on any atom is 0.268 e. The average Bonchev–Trinajstić information content (AvgIpc) is 2.40. The van der Waals surface area contributed by atoms with Crippen LogP contribution in [0.15, 0.2) is 23.1 Å². The van der Waals surface area contributed by atoms with Crippen LogP contribution in [0.3, 0.4) is 0 Å². The number of ether oxygens (including phenoxy) is 1. The lowest BCUT2D eigenvalue weighted by atomic mass is 10.1. The molecule has 0 aromatic heterocycles. The molecular weight excluding hydrogens is 302 g/mol. The third kappa shape index (κ3) is 2.76. The molecule has 1 heterocycles. The van der Waals surface area contributed by atoms with Gasteiger partial charge in [-0.1, -0.05) is 13.8 Å². The van der Waals surface area contributed by atoms with Crippen LogP contribution in [0.4, 0.5) is 5.69 Å². The van der Waals surface area contributed by atoms with Crippen molar-refractivity contribution >= 4 is 31.3 Å². The second kappa shape index (κ2) is 5.61. The fraction of sp³-hybridized carbons (Fsp3) is 0.462. The van der Waals surface area contributed by atoms with Gasteiger partial charge in [0.25, 0.3) is 15.0 Å². The first-order valence-electron chi connectivity index (χ1n) is 6.45. The molecule has 0 radical (unpaired) electrons. The Kier molecular flexibility index (Phi) is 4.25. The second-order valence-electron chi connectivity index (χ2n) is 4.57. The minimum Gasteiger partial charge on any atom is -0.478 e. The van der Waals surface area contributed by atoms with E-state index in [1.165, 1.54) is 12.1 Å². The molecule has 0 aliphatic carbocycles. The summed E-state index contributed by atoms with van der Waals surface area (Å²) in [5, 5.41) is 0. The molecule has 1 aromatic rings. The van der Waals surface area contributed by atoms with E-state index in [2.05, 4.69) is 0 Å². The molecule has 5 nitrogen and oxygen atoms in total. The quantitative estimate of drug-likeness (QED) is 0.800. The van der Waals surface area contributed by atoms with Gasteiger partial charge in [-0.25, -0.2) is 8.42 Å². The average molecular weight is 318 g/mol. The molecule has 110 valence electrons. The zero-order valence-electron chi connectivity index (χ0n) is 11.3. The summed E-state index contributed by atoms with van der Waals surface area (Å²) >= 11 is 0. The molecule has 1 unspecified atom stereocenters. The molecule has 1 amide bonds. The van der Waals surface area contributed by atoms with Crippen molar-refractivity contribution in [3.8, 4) is 5.75 Å². The molecule has 1 atom stereocenters. The van der Waals surface area contributed by atoms with Crippen molar-refractivity contribution in [3.63, 3.8) is 0 Å². The molecule has 1 aliphatic heterocycles. The highest BCUT2D eigenvalue weighted by Crippen LogP contribution is 2.37. The van der Waals surface area contributed by atoms with Crippen LogP contribution in [-0.2, 0) is 13.8 Å². The predicted molar refractivity (Wildman–Crippen MR) is 76.8 cm³/mol. The highest BCUT2D eigenvalue weighted by atomic mass is 35.7. The van der Waals surface area contributed by atoms with E-state index >= 15 is 0 Å². The van der Waals surface area contributed by atoms with E-state index in [-0.39, 0.29) is 10.8 Å². The zero-order valence-corrected chi connectivity index (χ0v) is 12.9. The molecule has 0 N–H and O–H groups in total. The van der Waals surface area contributed by atoms with Gasteiger partial charge in [-0.3, -0.25) is 4.79 Å². The largest absolute Gasteiger partial charge is 0.478 e. The van der Waals surface area contributed by atoms with Crippen LogP contribution in [0.25, 0.3) is 0 Å². The summed E-state index contributed by atoms with van der Waals surface area (Å²) in [6, 6.07) is 4.31. The number of hydrogen-bond acceptors (Lipinski definition) is 4. The van der Waals surface area contributed by atoms with Gasteiger partial charge in [0.2, 0.25) is 0 Å². The van der Waals surface area contributed by atoms with Gasteiger partial charge in [0.05, 0.1) is 10.6 Å². The molecule has 0 saturated heterocycles. The Labute approximate surface area is 122 Å². The molecule has 0 bridgehead atoms. The first-order valence-corrected chi connectivity index (χ1v) is 8.76. The van der Waals surface area contributed by atoms with Gasteiger partial charge < -0.3 is 9.64 Å². The van der Waals surface area contributed by atoms with Crippen molar-refractivity contribution in [3.05, 3.63) is 18.2 Å². The number of carbonyl (C=O) groups excluding carboxylic acids is 1. The number of amides is 1. The highest BCUT2D eigenvalue weighted by molar-refractivity contribution is 8.13. The van der Waals surface area contributed by atoms with Gasteiger partial charge in [0.15, 0.2) is 6.10 Å². The van der Waals surface area contributed by atoms with E-state index in [4.69, 9.17) is 15.4 Å². The van der Waals surface area contributed by atoms with Gasteiger partial charge in [-0.15, -0.1) is 0 Å². The smallest absolute Gasteiger partial charge is 0.268 e. The van der Waals surface area contributed by atoms with Crippen LogP contribution in [0.5, 0.6) is 5.75 Å². The van der Waals surface area contributed by atoms with E-state index < -0.39 is 15.2 Å². The molecule has 1 aliphatic rings.